The van der Waals surface area contributed by atoms with Crippen LogP contribution in [0.4, 0.5) is 0 Å². The Balaban J connectivity index is 2.95. The van der Waals surface area contributed by atoms with Gasteiger partial charge in [-0.05, 0) is 24.6 Å². The van der Waals surface area contributed by atoms with Crippen LogP contribution < -0.4 is 0 Å². The minimum absolute atomic E-state index is 0.553. The largest absolute Gasteiger partial charge is 0.387 e. The van der Waals surface area contributed by atoms with E-state index < -0.39 is 21.2 Å². The molecule has 3 nitrogen and oxygen atoms in total. The van der Waals surface area contributed by atoms with Crippen molar-refractivity contribution in [3.05, 3.63) is 34.9 Å². The van der Waals surface area contributed by atoms with Gasteiger partial charge >= 0.3 is 0 Å². The van der Waals surface area contributed by atoms with Crippen LogP contribution in [0.15, 0.2) is 24.3 Å². The van der Waals surface area contributed by atoms with Crippen molar-refractivity contribution in [2.75, 3.05) is 6.26 Å². The number of hydrogen-bond acceptors (Lipinski definition) is 3. The quantitative estimate of drug-likeness (QED) is 0.888. The van der Waals surface area contributed by atoms with Crippen molar-refractivity contribution in [3.8, 4) is 0 Å². The molecule has 0 radical (unpaired) electrons. The molecule has 0 aliphatic carbocycles. The van der Waals surface area contributed by atoms with Gasteiger partial charge in [-0.2, -0.15) is 0 Å². The van der Waals surface area contributed by atoms with Crippen molar-refractivity contribution in [2.24, 2.45) is 0 Å². The third-order valence-electron chi connectivity index (χ3n) is 2.33. The monoisotopic (exact) mass is 248 g/mol. The fourth-order valence-corrected chi connectivity index (χ4v) is 1.92. The van der Waals surface area contributed by atoms with Crippen LogP contribution >= 0.6 is 11.6 Å². The summed E-state index contributed by atoms with van der Waals surface area (Å²) in [5, 5.41) is 9.53. The maximum atomic E-state index is 11.2. The van der Waals surface area contributed by atoms with Crippen LogP contribution in [0.3, 0.4) is 0 Å². The van der Waals surface area contributed by atoms with Gasteiger partial charge in [-0.15, -0.1) is 0 Å². The lowest BCUT2D eigenvalue weighted by Crippen LogP contribution is -2.24. The Kier molecular flexibility index (Phi) is 3.76. The van der Waals surface area contributed by atoms with E-state index in [0.29, 0.717) is 10.6 Å². The predicted octanol–water partition coefficient (Wildman–Crippen LogP) is 1.81. The van der Waals surface area contributed by atoms with E-state index in [1.807, 2.05) is 0 Å². The molecule has 1 rings (SSSR count). The highest BCUT2D eigenvalue weighted by Gasteiger charge is 2.25. The van der Waals surface area contributed by atoms with Crippen LogP contribution in [-0.2, 0) is 9.84 Å². The molecule has 0 aliphatic heterocycles. The summed E-state index contributed by atoms with van der Waals surface area (Å²) in [6.45, 7) is 1.48. The van der Waals surface area contributed by atoms with Gasteiger partial charge in [0.25, 0.3) is 0 Å². The standard InChI is InChI=1S/C10H13ClO3S/c1-7(15(2,13)14)10(12)8-3-5-9(11)6-4-8/h3-7,10,12H,1-2H3/t7-,10+/m0/s1. The fourth-order valence-electron chi connectivity index (χ4n) is 1.17. The molecule has 84 valence electrons. The number of halogens is 1. The van der Waals surface area contributed by atoms with Gasteiger partial charge in [-0.3, -0.25) is 0 Å². The van der Waals surface area contributed by atoms with Gasteiger partial charge in [0.15, 0.2) is 9.84 Å². The summed E-state index contributed by atoms with van der Waals surface area (Å²) in [5.41, 5.74) is 0.553. The average molecular weight is 249 g/mol. The number of hydrogen-bond donors (Lipinski definition) is 1. The van der Waals surface area contributed by atoms with Crippen molar-refractivity contribution in [3.63, 3.8) is 0 Å². The summed E-state index contributed by atoms with van der Waals surface area (Å²) in [7, 11) is -3.24. The van der Waals surface area contributed by atoms with E-state index in [-0.39, 0.29) is 0 Å². The molecule has 0 aromatic heterocycles. The lowest BCUT2D eigenvalue weighted by molar-refractivity contribution is 0.176. The van der Waals surface area contributed by atoms with Crippen LogP contribution in [-0.4, -0.2) is 25.0 Å². The second kappa shape index (κ2) is 4.51. The van der Waals surface area contributed by atoms with Gasteiger partial charge in [0.05, 0.1) is 11.4 Å². The van der Waals surface area contributed by atoms with Gasteiger partial charge in [0.1, 0.15) is 0 Å². The molecule has 0 spiro atoms. The third kappa shape index (κ3) is 3.19. The van der Waals surface area contributed by atoms with E-state index in [1.54, 1.807) is 24.3 Å². The van der Waals surface area contributed by atoms with E-state index >= 15 is 0 Å². The molecule has 15 heavy (non-hydrogen) atoms. The molecule has 0 fully saturated rings. The Labute approximate surface area is 94.6 Å². The second-order valence-electron chi connectivity index (χ2n) is 3.53. The number of sulfone groups is 1. The molecule has 1 aromatic carbocycles. The molecule has 0 saturated carbocycles. The number of aliphatic hydroxyl groups is 1. The van der Waals surface area contributed by atoms with Crippen LogP contribution in [0, 0.1) is 0 Å². The van der Waals surface area contributed by atoms with E-state index in [0.717, 1.165) is 6.26 Å². The lowest BCUT2D eigenvalue weighted by Gasteiger charge is -2.17. The first-order valence-electron chi connectivity index (χ1n) is 4.45. The first-order valence-corrected chi connectivity index (χ1v) is 6.78. The molecular formula is C10H13ClO3S. The zero-order valence-corrected chi connectivity index (χ0v) is 10.1. The van der Waals surface area contributed by atoms with Crippen LogP contribution in [0.1, 0.15) is 18.6 Å². The summed E-state index contributed by atoms with van der Waals surface area (Å²) in [5.74, 6) is 0. The molecule has 0 bridgehead atoms. The topological polar surface area (TPSA) is 54.4 Å². The van der Waals surface area contributed by atoms with Crippen molar-refractivity contribution in [2.45, 2.75) is 18.3 Å². The minimum atomic E-state index is -3.24. The van der Waals surface area contributed by atoms with Gasteiger partial charge in [0.2, 0.25) is 0 Å². The summed E-state index contributed by atoms with van der Waals surface area (Å²) >= 11 is 5.69. The smallest absolute Gasteiger partial charge is 0.152 e. The van der Waals surface area contributed by atoms with E-state index in [9.17, 15) is 13.5 Å². The molecule has 0 unspecified atom stereocenters. The Bertz CT molecular complexity index is 424. The maximum absolute atomic E-state index is 11.2. The fraction of sp³-hybridized carbons (Fsp3) is 0.400. The molecule has 5 heteroatoms. The van der Waals surface area contributed by atoms with Gasteiger partial charge in [0, 0.05) is 11.3 Å². The van der Waals surface area contributed by atoms with Crippen molar-refractivity contribution < 1.29 is 13.5 Å². The summed E-state index contributed by atoms with van der Waals surface area (Å²) in [6, 6.07) is 6.48. The normalized spacial score (nSPS) is 16.0. The Morgan fingerprint density at radius 1 is 1.27 bits per heavy atom. The lowest BCUT2D eigenvalue weighted by atomic mass is 10.1. The molecule has 0 heterocycles. The number of benzene rings is 1. The molecule has 0 saturated heterocycles. The van der Waals surface area contributed by atoms with Gasteiger partial charge in [-0.25, -0.2) is 8.42 Å². The number of rotatable bonds is 3. The van der Waals surface area contributed by atoms with Crippen LogP contribution in [0.2, 0.25) is 5.02 Å². The first kappa shape index (κ1) is 12.5. The molecular weight excluding hydrogens is 236 g/mol. The van der Waals surface area contributed by atoms with Crippen molar-refractivity contribution in [1.82, 2.24) is 0 Å². The average Bonchev–Trinajstić information content (AvgIpc) is 2.15. The summed E-state index contributed by atoms with van der Waals surface area (Å²) < 4.78 is 22.5. The van der Waals surface area contributed by atoms with E-state index in [2.05, 4.69) is 0 Å². The number of aliphatic hydroxyl groups excluding tert-OH is 1. The molecule has 0 amide bonds. The predicted molar refractivity (Wildman–Crippen MR) is 60.7 cm³/mol. The molecule has 2 atom stereocenters. The van der Waals surface area contributed by atoms with Crippen LogP contribution in [0.25, 0.3) is 0 Å². The molecule has 1 aromatic rings. The van der Waals surface area contributed by atoms with Crippen molar-refractivity contribution in [1.29, 1.82) is 0 Å². The van der Waals surface area contributed by atoms with Crippen LogP contribution in [0.5, 0.6) is 0 Å². The Morgan fingerprint density at radius 3 is 2.13 bits per heavy atom. The third-order valence-corrected chi connectivity index (χ3v) is 4.19. The first-order chi connectivity index (χ1) is 6.82. The van der Waals surface area contributed by atoms with Gasteiger partial charge < -0.3 is 5.11 Å². The van der Waals surface area contributed by atoms with E-state index in [4.69, 9.17) is 11.6 Å². The highest BCUT2D eigenvalue weighted by Crippen LogP contribution is 2.22. The molecule has 0 aliphatic rings. The summed E-state index contributed by atoms with van der Waals surface area (Å²) in [4.78, 5) is 0. The van der Waals surface area contributed by atoms with Crippen molar-refractivity contribution >= 4 is 21.4 Å². The Hall–Kier alpha value is -0.580. The highest BCUT2D eigenvalue weighted by atomic mass is 35.5. The highest BCUT2D eigenvalue weighted by molar-refractivity contribution is 7.91. The Morgan fingerprint density at radius 2 is 1.73 bits per heavy atom. The zero-order valence-electron chi connectivity index (χ0n) is 8.51. The zero-order chi connectivity index (χ0) is 11.6. The summed E-state index contributed by atoms with van der Waals surface area (Å²) in [6.07, 6.45) is 0.0915. The van der Waals surface area contributed by atoms with Gasteiger partial charge in [-0.1, -0.05) is 23.7 Å². The minimum Gasteiger partial charge on any atom is -0.387 e. The van der Waals surface area contributed by atoms with E-state index in [1.165, 1.54) is 6.92 Å². The maximum Gasteiger partial charge on any atom is 0.152 e. The molecule has 1 N–H and O–H groups in total. The SMILES string of the molecule is C[C@@H]([C@@H](O)c1ccc(Cl)cc1)S(C)(=O)=O. The second-order valence-corrected chi connectivity index (χ2v) is 6.37.